The molecule has 1 amide bonds. The minimum absolute atomic E-state index is 0.252. The second-order valence-electron chi connectivity index (χ2n) is 9.32. The molecule has 2 aromatic carbocycles. The number of ether oxygens (including phenoxy) is 2. The molecule has 192 valence electrons. The molecule has 2 heterocycles. The number of amides is 1. The molecule has 1 N–H and O–H groups in total. The van der Waals surface area contributed by atoms with E-state index in [0.717, 1.165) is 46.2 Å². The molecule has 0 saturated carbocycles. The van der Waals surface area contributed by atoms with Crippen molar-refractivity contribution in [2.24, 2.45) is 0 Å². The maximum Gasteiger partial charge on any atom is 0.341 e. The molecule has 1 aliphatic rings. The fourth-order valence-corrected chi connectivity index (χ4v) is 6.36. The van der Waals surface area contributed by atoms with Gasteiger partial charge in [0, 0.05) is 28.4 Å². The lowest BCUT2D eigenvalue weighted by Crippen LogP contribution is -2.19. The highest BCUT2D eigenvalue weighted by Gasteiger charge is 2.26. The molecule has 0 unspecified atom stereocenters. The maximum absolute atomic E-state index is 13.7. The van der Waals surface area contributed by atoms with Crippen molar-refractivity contribution in [3.05, 3.63) is 69.7 Å². The number of thiophene rings is 1. The van der Waals surface area contributed by atoms with Crippen molar-refractivity contribution in [2.75, 3.05) is 19.0 Å². The Morgan fingerprint density at radius 3 is 2.57 bits per heavy atom. The van der Waals surface area contributed by atoms with Crippen LogP contribution in [0.5, 0.6) is 5.75 Å². The molecule has 5 rings (SSSR count). The van der Waals surface area contributed by atoms with E-state index in [1.807, 2.05) is 48.9 Å². The zero-order chi connectivity index (χ0) is 26.1. The standard InChI is InChI=1S/C30H32N2O4S/c1-5-32-25-14-13-22(36-6-2)16-23(25)18(3)27(32)28(33)31-29-26(30(34)35-4)24(17-37-29)21-12-11-19-9-7-8-10-20(19)15-21/h11-17H,5-10H2,1-4H3,(H,31,33). The van der Waals surface area contributed by atoms with Gasteiger partial charge in [0.1, 0.15) is 22.0 Å². The van der Waals surface area contributed by atoms with Crippen LogP contribution in [-0.4, -0.2) is 30.2 Å². The summed E-state index contributed by atoms with van der Waals surface area (Å²) in [5.74, 6) is 0.0649. The number of hydrogen-bond acceptors (Lipinski definition) is 5. The Morgan fingerprint density at radius 1 is 1.05 bits per heavy atom. The largest absolute Gasteiger partial charge is 0.494 e. The molecule has 7 heteroatoms. The van der Waals surface area contributed by atoms with Crippen molar-refractivity contribution in [3.8, 4) is 16.9 Å². The minimum Gasteiger partial charge on any atom is -0.494 e. The summed E-state index contributed by atoms with van der Waals surface area (Å²) in [6.07, 6.45) is 4.55. The first-order valence-corrected chi connectivity index (χ1v) is 13.7. The van der Waals surface area contributed by atoms with E-state index >= 15 is 0 Å². The molecular weight excluding hydrogens is 484 g/mol. The smallest absolute Gasteiger partial charge is 0.341 e. The van der Waals surface area contributed by atoms with Gasteiger partial charge in [-0.25, -0.2) is 4.79 Å². The highest BCUT2D eigenvalue weighted by atomic mass is 32.1. The van der Waals surface area contributed by atoms with Gasteiger partial charge in [0.2, 0.25) is 0 Å². The van der Waals surface area contributed by atoms with Gasteiger partial charge < -0.3 is 19.4 Å². The average molecular weight is 517 g/mol. The molecule has 4 aromatic rings. The van der Waals surface area contributed by atoms with Crippen LogP contribution >= 0.6 is 11.3 Å². The quantitative estimate of drug-likeness (QED) is 0.268. The van der Waals surface area contributed by atoms with Crippen molar-refractivity contribution in [1.82, 2.24) is 4.57 Å². The number of esters is 1. The number of methoxy groups -OCH3 is 1. The summed E-state index contributed by atoms with van der Waals surface area (Å²) in [5.41, 5.74) is 7.30. The molecule has 0 atom stereocenters. The van der Waals surface area contributed by atoms with Crippen LogP contribution < -0.4 is 10.1 Å². The number of aromatic nitrogens is 1. The summed E-state index contributed by atoms with van der Waals surface area (Å²) in [6.45, 7) is 7.13. The second-order valence-corrected chi connectivity index (χ2v) is 10.2. The normalized spacial score (nSPS) is 12.9. The summed E-state index contributed by atoms with van der Waals surface area (Å²) in [7, 11) is 1.37. The number of aryl methyl sites for hydroxylation is 4. The lowest BCUT2D eigenvalue weighted by molar-refractivity contribution is 0.0603. The molecular formula is C30H32N2O4S. The third-order valence-corrected chi connectivity index (χ3v) is 8.09. The van der Waals surface area contributed by atoms with Gasteiger partial charge in [-0.05, 0) is 86.9 Å². The highest BCUT2D eigenvalue weighted by Crippen LogP contribution is 2.38. The Labute approximate surface area is 221 Å². The molecule has 0 bridgehead atoms. The van der Waals surface area contributed by atoms with Crippen molar-refractivity contribution in [3.63, 3.8) is 0 Å². The Kier molecular flexibility index (Phi) is 7.07. The van der Waals surface area contributed by atoms with Crippen molar-refractivity contribution >= 4 is 39.1 Å². The fourth-order valence-electron chi connectivity index (χ4n) is 5.41. The van der Waals surface area contributed by atoms with Gasteiger partial charge in [0.15, 0.2) is 0 Å². The number of benzene rings is 2. The molecule has 0 fully saturated rings. The monoisotopic (exact) mass is 516 g/mol. The van der Waals surface area contributed by atoms with Crippen LogP contribution in [0.3, 0.4) is 0 Å². The van der Waals surface area contributed by atoms with Crippen molar-refractivity contribution < 1.29 is 19.1 Å². The van der Waals surface area contributed by atoms with Crippen LogP contribution in [0.25, 0.3) is 22.0 Å². The van der Waals surface area contributed by atoms with Gasteiger partial charge in [-0.3, -0.25) is 4.79 Å². The van der Waals surface area contributed by atoms with E-state index in [4.69, 9.17) is 9.47 Å². The average Bonchev–Trinajstić information content (AvgIpc) is 3.46. The third-order valence-electron chi connectivity index (χ3n) is 7.20. The Bertz CT molecular complexity index is 1500. The number of carbonyl (C=O) groups is 2. The Hall–Kier alpha value is -3.58. The van der Waals surface area contributed by atoms with Crippen LogP contribution in [0.2, 0.25) is 0 Å². The van der Waals surface area contributed by atoms with Gasteiger partial charge in [-0.15, -0.1) is 11.3 Å². The Balaban J connectivity index is 1.54. The van der Waals surface area contributed by atoms with Gasteiger partial charge >= 0.3 is 5.97 Å². The van der Waals surface area contributed by atoms with E-state index in [1.165, 1.54) is 42.4 Å². The second kappa shape index (κ2) is 10.4. The number of carbonyl (C=O) groups excluding carboxylic acids is 2. The molecule has 6 nitrogen and oxygen atoms in total. The van der Waals surface area contributed by atoms with E-state index < -0.39 is 5.97 Å². The molecule has 0 saturated heterocycles. The molecule has 0 spiro atoms. The summed E-state index contributed by atoms with van der Waals surface area (Å²) < 4.78 is 12.8. The van der Waals surface area contributed by atoms with Gasteiger partial charge in [-0.1, -0.05) is 18.2 Å². The summed E-state index contributed by atoms with van der Waals surface area (Å²) in [5, 5.41) is 6.44. The highest BCUT2D eigenvalue weighted by molar-refractivity contribution is 7.15. The summed E-state index contributed by atoms with van der Waals surface area (Å²) in [4.78, 5) is 26.6. The lowest BCUT2D eigenvalue weighted by atomic mass is 9.89. The topological polar surface area (TPSA) is 69.6 Å². The predicted octanol–water partition coefficient (Wildman–Crippen LogP) is 7.01. The number of nitrogens with one attached hydrogen (secondary N) is 1. The number of hydrogen-bond donors (Lipinski definition) is 1. The number of rotatable bonds is 7. The Morgan fingerprint density at radius 2 is 1.84 bits per heavy atom. The van der Waals surface area contributed by atoms with E-state index in [2.05, 4.69) is 23.5 Å². The first-order chi connectivity index (χ1) is 18.0. The van der Waals surface area contributed by atoms with Crippen LogP contribution in [0.15, 0.2) is 41.8 Å². The SMILES string of the molecule is CCOc1ccc2c(c1)c(C)c(C(=O)Nc1scc(-c3ccc4c(c3)CCCC4)c1C(=O)OC)n2CC. The van der Waals surface area contributed by atoms with Crippen LogP contribution in [0.4, 0.5) is 5.00 Å². The van der Waals surface area contributed by atoms with E-state index in [1.54, 1.807) is 0 Å². The van der Waals surface area contributed by atoms with Crippen LogP contribution in [0.1, 0.15) is 64.2 Å². The maximum atomic E-state index is 13.7. The molecule has 0 radical (unpaired) electrons. The van der Waals surface area contributed by atoms with Crippen LogP contribution in [-0.2, 0) is 24.1 Å². The predicted molar refractivity (Wildman–Crippen MR) is 149 cm³/mol. The first-order valence-electron chi connectivity index (χ1n) is 12.9. The molecule has 1 aliphatic carbocycles. The van der Waals surface area contributed by atoms with Crippen LogP contribution in [0, 0.1) is 6.92 Å². The van der Waals surface area contributed by atoms with Gasteiger partial charge in [-0.2, -0.15) is 0 Å². The molecule has 0 aliphatic heterocycles. The van der Waals surface area contributed by atoms with Gasteiger partial charge in [0.25, 0.3) is 5.91 Å². The van der Waals surface area contributed by atoms with E-state index in [9.17, 15) is 9.59 Å². The van der Waals surface area contributed by atoms with Gasteiger partial charge in [0.05, 0.1) is 13.7 Å². The lowest BCUT2D eigenvalue weighted by Gasteiger charge is -2.17. The van der Waals surface area contributed by atoms with Crippen molar-refractivity contribution in [2.45, 2.75) is 53.0 Å². The minimum atomic E-state index is -0.460. The first kappa shape index (κ1) is 25.1. The van der Waals surface area contributed by atoms with E-state index in [0.29, 0.717) is 29.4 Å². The number of nitrogens with zero attached hydrogens (tertiary/aromatic N) is 1. The fraction of sp³-hybridized carbons (Fsp3) is 0.333. The van der Waals surface area contributed by atoms with E-state index in [-0.39, 0.29) is 5.91 Å². The third kappa shape index (κ3) is 4.53. The molecule has 37 heavy (non-hydrogen) atoms. The number of fused-ring (bicyclic) bond motifs is 2. The molecule has 2 aromatic heterocycles. The zero-order valence-electron chi connectivity index (χ0n) is 21.8. The number of anilines is 1. The summed E-state index contributed by atoms with van der Waals surface area (Å²) in [6, 6.07) is 12.3. The van der Waals surface area contributed by atoms with Crippen molar-refractivity contribution in [1.29, 1.82) is 0 Å². The zero-order valence-corrected chi connectivity index (χ0v) is 22.6. The summed E-state index contributed by atoms with van der Waals surface area (Å²) >= 11 is 1.35.